The smallest absolute Gasteiger partial charge is 0.288 e. The normalized spacial score (nSPS) is 15.6. The van der Waals surface area contributed by atoms with E-state index in [2.05, 4.69) is 5.32 Å². The van der Waals surface area contributed by atoms with E-state index in [1.165, 1.54) is 17.9 Å². The summed E-state index contributed by atoms with van der Waals surface area (Å²) in [4.78, 5) is 26.4. The molecule has 27 heavy (non-hydrogen) atoms. The molecule has 0 saturated carbocycles. The van der Waals surface area contributed by atoms with Crippen LogP contribution in [0.15, 0.2) is 59.6 Å². The highest BCUT2D eigenvalue weighted by Gasteiger charge is 2.28. The van der Waals surface area contributed by atoms with Gasteiger partial charge in [-0.25, -0.2) is 0 Å². The largest absolute Gasteiger partial charge is 0.325 e. The second-order valence-corrected chi connectivity index (χ2v) is 7.05. The van der Waals surface area contributed by atoms with E-state index in [1.807, 2.05) is 30.3 Å². The highest BCUT2D eigenvalue weighted by atomic mass is 32.2. The van der Waals surface area contributed by atoms with Gasteiger partial charge in [0.25, 0.3) is 5.76 Å². The second kappa shape index (κ2) is 8.35. The molecule has 140 valence electrons. The number of benzene rings is 2. The molecule has 3 rings (SSSR count). The highest BCUT2D eigenvalue weighted by molar-refractivity contribution is 7.99. The van der Waals surface area contributed by atoms with Crippen molar-refractivity contribution in [2.45, 2.75) is 30.0 Å². The van der Waals surface area contributed by atoms with E-state index in [1.54, 1.807) is 24.4 Å². The third-order valence-corrected chi connectivity index (χ3v) is 5.01. The number of nitrogens with one attached hydrogen (secondary N) is 1. The number of hydrogen-bond donors (Lipinski definition) is 1. The summed E-state index contributed by atoms with van der Waals surface area (Å²) in [7, 11) is 0. The zero-order valence-corrected chi connectivity index (χ0v) is 15.4. The number of hydrogen-bond acceptors (Lipinski definition) is 3. The quantitative estimate of drug-likeness (QED) is 0.741. The minimum absolute atomic E-state index is 0.0224. The van der Waals surface area contributed by atoms with Gasteiger partial charge in [-0.2, -0.15) is 8.78 Å². The average Bonchev–Trinajstić information content (AvgIpc) is 2.63. The Balaban J connectivity index is 1.80. The number of amides is 2. The van der Waals surface area contributed by atoms with Crippen LogP contribution in [0.1, 0.15) is 30.5 Å². The molecule has 7 heteroatoms. The molecule has 1 aliphatic rings. The molecule has 2 amide bonds. The lowest BCUT2D eigenvalue weighted by molar-refractivity contribution is -0.129. The molecule has 1 heterocycles. The van der Waals surface area contributed by atoms with Gasteiger partial charge >= 0.3 is 0 Å². The first-order valence-corrected chi connectivity index (χ1v) is 9.23. The maximum atomic E-state index is 12.7. The first-order valence-electron chi connectivity index (χ1n) is 8.35. The van der Waals surface area contributed by atoms with Gasteiger partial charge in [-0.05, 0) is 29.3 Å². The summed E-state index contributed by atoms with van der Waals surface area (Å²) in [6.07, 6.45) is 3.53. The topological polar surface area (TPSA) is 49.4 Å². The number of anilines is 1. The van der Waals surface area contributed by atoms with Crippen LogP contribution in [0.2, 0.25) is 0 Å². The van der Waals surface area contributed by atoms with Gasteiger partial charge in [0.2, 0.25) is 11.8 Å². The summed E-state index contributed by atoms with van der Waals surface area (Å²) >= 11 is 0.383. The van der Waals surface area contributed by atoms with Crippen molar-refractivity contribution in [3.8, 4) is 0 Å². The molecule has 0 spiro atoms. The maximum absolute atomic E-state index is 12.7. The minimum Gasteiger partial charge on any atom is -0.325 e. The number of thioether (sulfide) groups is 1. The van der Waals surface area contributed by atoms with E-state index in [-0.39, 0.29) is 18.2 Å². The molecule has 2 aromatic rings. The van der Waals surface area contributed by atoms with Crippen LogP contribution < -0.4 is 5.32 Å². The van der Waals surface area contributed by atoms with Crippen LogP contribution in [0.3, 0.4) is 0 Å². The van der Waals surface area contributed by atoms with Crippen LogP contribution in [0, 0.1) is 0 Å². The Morgan fingerprint density at radius 2 is 1.85 bits per heavy atom. The number of halogens is 2. The maximum Gasteiger partial charge on any atom is 0.288 e. The van der Waals surface area contributed by atoms with Crippen molar-refractivity contribution >= 4 is 35.3 Å². The minimum atomic E-state index is -2.58. The van der Waals surface area contributed by atoms with Crippen molar-refractivity contribution in [1.29, 1.82) is 0 Å². The SMILES string of the molecule is CC(=O)N1C=Cc2ccccc2C1CC(=O)Nc1ccccc1SC(F)F. The Bertz CT molecular complexity index is 886. The van der Waals surface area contributed by atoms with Crippen LogP contribution in [0.4, 0.5) is 14.5 Å². The van der Waals surface area contributed by atoms with Crippen LogP contribution in [0.5, 0.6) is 0 Å². The van der Waals surface area contributed by atoms with Crippen molar-refractivity contribution in [3.05, 3.63) is 65.9 Å². The Morgan fingerprint density at radius 1 is 1.15 bits per heavy atom. The van der Waals surface area contributed by atoms with E-state index >= 15 is 0 Å². The third kappa shape index (κ3) is 4.54. The van der Waals surface area contributed by atoms with Crippen molar-refractivity contribution in [2.24, 2.45) is 0 Å². The lowest BCUT2D eigenvalue weighted by Crippen LogP contribution is -2.33. The molecule has 1 N–H and O–H groups in total. The number of alkyl halides is 2. The zero-order chi connectivity index (χ0) is 19.4. The summed E-state index contributed by atoms with van der Waals surface area (Å²) in [6, 6.07) is 13.5. The van der Waals surface area contributed by atoms with Crippen LogP contribution in [-0.4, -0.2) is 22.5 Å². The summed E-state index contributed by atoms with van der Waals surface area (Å²) in [5, 5.41) is 2.70. The molecule has 0 aliphatic carbocycles. The van der Waals surface area contributed by atoms with Gasteiger partial charge in [-0.15, -0.1) is 0 Å². The molecular formula is C20H18F2N2O2S. The molecule has 0 aromatic heterocycles. The van der Waals surface area contributed by atoms with Gasteiger partial charge < -0.3 is 10.2 Å². The number of rotatable bonds is 5. The first-order chi connectivity index (χ1) is 13.0. The molecule has 0 saturated heterocycles. The summed E-state index contributed by atoms with van der Waals surface area (Å²) in [5.41, 5.74) is 2.16. The molecule has 4 nitrogen and oxygen atoms in total. The monoisotopic (exact) mass is 388 g/mol. The number of carbonyl (C=O) groups excluding carboxylic acids is 2. The summed E-state index contributed by atoms with van der Waals surface area (Å²) < 4.78 is 25.4. The van der Waals surface area contributed by atoms with Crippen molar-refractivity contribution in [2.75, 3.05) is 5.32 Å². The second-order valence-electron chi connectivity index (χ2n) is 6.01. The molecule has 1 unspecified atom stereocenters. The summed E-state index contributed by atoms with van der Waals surface area (Å²) in [5.74, 6) is -3.10. The first kappa shape index (κ1) is 19.1. The zero-order valence-electron chi connectivity index (χ0n) is 14.6. The number of fused-ring (bicyclic) bond motifs is 1. The number of carbonyl (C=O) groups is 2. The van der Waals surface area contributed by atoms with Crippen molar-refractivity contribution in [1.82, 2.24) is 4.90 Å². The fourth-order valence-corrected chi connectivity index (χ4v) is 3.65. The number of para-hydroxylation sites is 1. The van der Waals surface area contributed by atoms with Gasteiger partial charge in [0.1, 0.15) is 0 Å². The Morgan fingerprint density at radius 3 is 2.59 bits per heavy atom. The molecule has 1 atom stereocenters. The molecule has 2 aromatic carbocycles. The third-order valence-electron chi connectivity index (χ3n) is 4.23. The highest BCUT2D eigenvalue weighted by Crippen LogP contribution is 2.35. The Hall–Kier alpha value is -2.67. The molecule has 0 bridgehead atoms. The lowest BCUT2D eigenvalue weighted by atomic mass is 9.93. The van der Waals surface area contributed by atoms with Gasteiger partial charge in [-0.3, -0.25) is 9.59 Å². The fraction of sp³-hybridized carbons (Fsp3) is 0.200. The number of nitrogens with zero attached hydrogens (tertiary/aromatic N) is 1. The standard InChI is InChI=1S/C20H18F2N2O2S/c1-13(25)24-11-10-14-6-2-3-7-15(14)17(24)12-19(26)23-16-8-4-5-9-18(16)27-20(21)22/h2-11,17,20H,12H2,1H3,(H,23,26). The van der Waals surface area contributed by atoms with E-state index in [0.29, 0.717) is 22.3 Å². The predicted molar refractivity (Wildman–Crippen MR) is 102 cm³/mol. The van der Waals surface area contributed by atoms with E-state index in [0.717, 1.165) is 11.1 Å². The lowest BCUT2D eigenvalue weighted by Gasteiger charge is -2.32. The Labute approximate surface area is 160 Å². The van der Waals surface area contributed by atoms with Crippen LogP contribution in [-0.2, 0) is 9.59 Å². The molecular weight excluding hydrogens is 370 g/mol. The van der Waals surface area contributed by atoms with Gasteiger partial charge in [0, 0.05) is 18.0 Å². The molecule has 1 aliphatic heterocycles. The predicted octanol–water partition coefficient (Wildman–Crippen LogP) is 4.90. The van der Waals surface area contributed by atoms with Crippen LogP contribution in [0.25, 0.3) is 6.08 Å². The van der Waals surface area contributed by atoms with Crippen molar-refractivity contribution < 1.29 is 18.4 Å². The van der Waals surface area contributed by atoms with Crippen molar-refractivity contribution in [3.63, 3.8) is 0 Å². The van der Waals surface area contributed by atoms with E-state index in [9.17, 15) is 18.4 Å². The van der Waals surface area contributed by atoms with E-state index in [4.69, 9.17) is 0 Å². The molecule has 0 radical (unpaired) electrons. The van der Waals surface area contributed by atoms with E-state index < -0.39 is 11.8 Å². The fourth-order valence-electron chi connectivity index (χ4n) is 3.06. The Kier molecular flexibility index (Phi) is 5.91. The van der Waals surface area contributed by atoms with Crippen LogP contribution >= 0.6 is 11.8 Å². The summed E-state index contributed by atoms with van der Waals surface area (Å²) in [6.45, 7) is 1.44. The van der Waals surface area contributed by atoms with Gasteiger partial charge in [0.15, 0.2) is 0 Å². The molecule has 0 fully saturated rings. The van der Waals surface area contributed by atoms with Gasteiger partial charge in [0.05, 0.1) is 18.2 Å². The average molecular weight is 388 g/mol. The van der Waals surface area contributed by atoms with Gasteiger partial charge in [-0.1, -0.05) is 48.2 Å².